The third-order valence-corrected chi connectivity index (χ3v) is 6.97. The predicted octanol–water partition coefficient (Wildman–Crippen LogP) is 3.65. The van der Waals surface area contributed by atoms with Gasteiger partial charge in [-0.05, 0) is 49.9 Å². The summed E-state index contributed by atoms with van der Waals surface area (Å²) in [5.41, 5.74) is 4.92. The van der Waals surface area contributed by atoms with Gasteiger partial charge >= 0.3 is 0 Å². The summed E-state index contributed by atoms with van der Waals surface area (Å²) in [4.78, 5) is 16.1. The van der Waals surface area contributed by atoms with Crippen molar-refractivity contribution < 1.29 is 13.6 Å². The van der Waals surface area contributed by atoms with Crippen molar-refractivity contribution in [1.82, 2.24) is 20.0 Å². The number of amides is 1. The highest BCUT2D eigenvalue weighted by Crippen LogP contribution is 2.41. The molecule has 31 heavy (non-hydrogen) atoms. The maximum absolute atomic E-state index is 13.7. The number of carbonyl (C=O) groups is 1. The molecule has 0 aliphatic carbocycles. The molecule has 3 aliphatic rings. The van der Waals surface area contributed by atoms with Crippen molar-refractivity contribution in [1.29, 1.82) is 0 Å². The lowest BCUT2D eigenvalue weighted by atomic mass is 9.95. The van der Waals surface area contributed by atoms with Gasteiger partial charge in [-0.25, -0.2) is 8.78 Å². The Kier molecular flexibility index (Phi) is 5.20. The van der Waals surface area contributed by atoms with Crippen molar-refractivity contribution >= 4 is 17.4 Å². The first kappa shape index (κ1) is 20.4. The summed E-state index contributed by atoms with van der Waals surface area (Å²) in [6.07, 6.45) is 1.12. The van der Waals surface area contributed by atoms with Crippen molar-refractivity contribution in [2.75, 3.05) is 31.1 Å². The summed E-state index contributed by atoms with van der Waals surface area (Å²) in [5, 5.41) is 8.48. The molecule has 1 atom stereocenters. The van der Waals surface area contributed by atoms with Crippen LogP contribution in [0.4, 0.5) is 20.3 Å². The molecule has 1 saturated heterocycles. The van der Waals surface area contributed by atoms with E-state index < -0.39 is 6.43 Å². The molecule has 0 bridgehead atoms. The van der Waals surface area contributed by atoms with Gasteiger partial charge in [-0.15, -0.1) is 0 Å². The Bertz CT molecular complexity index is 1010. The monoisotopic (exact) mass is 429 g/mol. The first-order valence-electron chi connectivity index (χ1n) is 11.2. The zero-order valence-corrected chi connectivity index (χ0v) is 18.1. The van der Waals surface area contributed by atoms with Crippen LogP contribution >= 0.6 is 0 Å². The van der Waals surface area contributed by atoms with Gasteiger partial charge in [0.1, 0.15) is 0 Å². The second-order valence-electron chi connectivity index (χ2n) is 8.92. The van der Waals surface area contributed by atoms with Crippen molar-refractivity contribution in [3.8, 4) is 0 Å². The first-order valence-corrected chi connectivity index (χ1v) is 11.2. The molecule has 0 radical (unpaired) electrons. The number of rotatable bonds is 3. The number of anilines is 2. The molecule has 1 unspecified atom stereocenters. The van der Waals surface area contributed by atoms with Gasteiger partial charge in [0.2, 0.25) is 5.91 Å². The maximum atomic E-state index is 13.7. The van der Waals surface area contributed by atoms with Crippen molar-refractivity contribution in [3.63, 3.8) is 0 Å². The molecule has 1 fully saturated rings. The summed E-state index contributed by atoms with van der Waals surface area (Å²) in [6, 6.07) is 3.86. The van der Waals surface area contributed by atoms with Crippen molar-refractivity contribution in [2.24, 2.45) is 0 Å². The molecule has 0 saturated carbocycles. The lowest BCUT2D eigenvalue weighted by Gasteiger charge is -2.33. The van der Waals surface area contributed by atoms with E-state index in [1.165, 1.54) is 5.69 Å². The lowest BCUT2D eigenvalue weighted by Crippen LogP contribution is -2.35. The smallest absolute Gasteiger partial charge is 0.264 e. The molecule has 1 N–H and O–H groups in total. The third kappa shape index (κ3) is 3.50. The highest BCUT2D eigenvalue weighted by Gasteiger charge is 2.33. The number of carbonyl (C=O) groups excluding carboxylic acids is 1. The molecular weight excluding hydrogens is 400 g/mol. The Labute approximate surface area is 181 Å². The Morgan fingerprint density at radius 3 is 2.81 bits per heavy atom. The van der Waals surface area contributed by atoms with E-state index in [0.717, 1.165) is 67.9 Å². The van der Waals surface area contributed by atoms with Crippen LogP contribution in [0.3, 0.4) is 0 Å². The average Bonchev–Trinajstić information content (AvgIpc) is 3.40. The van der Waals surface area contributed by atoms with E-state index in [-0.39, 0.29) is 11.5 Å². The van der Waals surface area contributed by atoms with Gasteiger partial charge in [0.05, 0.1) is 12.6 Å². The van der Waals surface area contributed by atoms with Gasteiger partial charge in [0, 0.05) is 55.5 Å². The molecular formula is C23H29F2N5O. The number of hydrogen-bond acceptors (Lipinski definition) is 4. The minimum Gasteiger partial charge on any atom is -0.338 e. The van der Waals surface area contributed by atoms with E-state index in [4.69, 9.17) is 5.10 Å². The zero-order valence-electron chi connectivity index (χ0n) is 18.1. The molecule has 3 aliphatic heterocycles. The summed E-state index contributed by atoms with van der Waals surface area (Å²) in [5.74, 6) is 0.888. The van der Waals surface area contributed by atoms with Crippen LogP contribution in [0, 0.1) is 6.92 Å². The number of hydrogen-bond donors (Lipinski definition) is 1. The molecule has 6 nitrogen and oxygen atoms in total. The normalized spacial score (nSPS) is 20.9. The van der Waals surface area contributed by atoms with E-state index in [9.17, 15) is 13.6 Å². The number of nitrogens with zero attached hydrogens (tertiary/aromatic N) is 4. The predicted molar refractivity (Wildman–Crippen MR) is 115 cm³/mol. The number of alkyl halides is 2. The van der Waals surface area contributed by atoms with Crippen LogP contribution in [-0.2, 0) is 24.2 Å². The Hall–Kier alpha value is -2.48. The van der Waals surface area contributed by atoms with E-state index in [2.05, 4.69) is 14.9 Å². The number of fused-ring (bicyclic) bond motifs is 2. The third-order valence-electron chi connectivity index (χ3n) is 6.97. The minimum absolute atomic E-state index is 0.0570. The standard InChI is InChI=1S/C23H29F2N5O/c1-14-10-16-4-3-8-29(21(16)11-18(14)22(24)25)23-19-13-28(15(2)31)9-6-20(19)30(27-23)17-5-7-26-12-17/h10-11,17,22,26H,3-9,12-13H2,1-2H3. The van der Waals surface area contributed by atoms with Crippen LogP contribution in [0.2, 0.25) is 0 Å². The summed E-state index contributed by atoms with van der Waals surface area (Å²) >= 11 is 0. The Morgan fingerprint density at radius 2 is 2.10 bits per heavy atom. The molecule has 5 rings (SSSR count). The number of aromatic nitrogens is 2. The molecule has 1 amide bonds. The average molecular weight is 430 g/mol. The largest absolute Gasteiger partial charge is 0.338 e. The Balaban J connectivity index is 1.63. The Morgan fingerprint density at radius 1 is 1.26 bits per heavy atom. The quantitative estimate of drug-likeness (QED) is 0.809. The number of nitrogens with one attached hydrogen (secondary N) is 1. The van der Waals surface area contributed by atoms with E-state index in [1.54, 1.807) is 19.9 Å². The van der Waals surface area contributed by atoms with Crippen molar-refractivity contribution in [2.45, 2.75) is 58.5 Å². The molecule has 0 spiro atoms. The topological polar surface area (TPSA) is 53.4 Å². The molecule has 2 aromatic rings. The van der Waals surface area contributed by atoms with E-state index in [0.29, 0.717) is 24.7 Å². The first-order chi connectivity index (χ1) is 14.9. The second kappa shape index (κ2) is 7.89. The van der Waals surface area contributed by atoms with Crippen LogP contribution in [0.25, 0.3) is 0 Å². The van der Waals surface area contributed by atoms with Gasteiger partial charge in [-0.3, -0.25) is 9.48 Å². The lowest BCUT2D eigenvalue weighted by molar-refractivity contribution is -0.129. The van der Waals surface area contributed by atoms with Gasteiger partial charge in [-0.1, -0.05) is 6.07 Å². The van der Waals surface area contributed by atoms with Gasteiger partial charge in [-0.2, -0.15) is 5.10 Å². The summed E-state index contributed by atoms with van der Waals surface area (Å²) in [7, 11) is 0. The molecule has 4 heterocycles. The minimum atomic E-state index is -2.50. The molecule has 1 aromatic heterocycles. The van der Waals surface area contributed by atoms with E-state index >= 15 is 0 Å². The maximum Gasteiger partial charge on any atom is 0.264 e. The van der Waals surface area contributed by atoms with Gasteiger partial charge in [0.25, 0.3) is 6.43 Å². The van der Waals surface area contributed by atoms with Crippen LogP contribution in [0.15, 0.2) is 12.1 Å². The van der Waals surface area contributed by atoms with Gasteiger partial charge < -0.3 is 15.1 Å². The molecule has 166 valence electrons. The molecule has 8 heteroatoms. The van der Waals surface area contributed by atoms with Crippen LogP contribution in [0.1, 0.15) is 60.2 Å². The SMILES string of the molecule is CC(=O)N1CCc2c(c(N3CCCc4cc(C)c(C(F)F)cc43)nn2C2CCNC2)C1. The fourth-order valence-corrected chi connectivity index (χ4v) is 5.29. The number of benzene rings is 1. The number of aryl methyl sites for hydroxylation is 2. The fourth-order valence-electron chi connectivity index (χ4n) is 5.29. The van der Waals surface area contributed by atoms with Gasteiger partial charge in [0.15, 0.2) is 5.82 Å². The van der Waals surface area contributed by atoms with E-state index in [1.807, 2.05) is 11.0 Å². The fraction of sp³-hybridized carbons (Fsp3) is 0.565. The van der Waals surface area contributed by atoms with Crippen molar-refractivity contribution in [3.05, 3.63) is 40.1 Å². The second-order valence-corrected chi connectivity index (χ2v) is 8.92. The highest BCUT2D eigenvalue weighted by molar-refractivity contribution is 5.75. The summed E-state index contributed by atoms with van der Waals surface area (Å²) in [6.45, 7) is 7.18. The summed E-state index contributed by atoms with van der Waals surface area (Å²) < 4.78 is 29.5. The number of halogens is 2. The van der Waals surface area contributed by atoms with Crippen LogP contribution < -0.4 is 10.2 Å². The highest BCUT2D eigenvalue weighted by atomic mass is 19.3. The van der Waals surface area contributed by atoms with Crippen LogP contribution in [-0.4, -0.2) is 46.8 Å². The zero-order chi connectivity index (χ0) is 21.7. The van der Waals surface area contributed by atoms with Crippen LogP contribution in [0.5, 0.6) is 0 Å². The molecule has 1 aromatic carbocycles.